The number of halogens is 3. The summed E-state index contributed by atoms with van der Waals surface area (Å²) in [6, 6.07) is 9.69. The monoisotopic (exact) mass is 416 g/mol. The molecule has 1 fully saturated rings. The second-order valence-electron chi connectivity index (χ2n) is 7.89. The topological polar surface area (TPSA) is 41.9 Å². The largest absolute Gasteiger partial charge is 0.390 e. The first-order chi connectivity index (χ1) is 14.5. The minimum atomic E-state index is -0.705. The summed E-state index contributed by atoms with van der Waals surface area (Å²) < 4.78 is 41.4. The number of carbonyl (C=O) groups excluding carboxylic acids is 1. The van der Waals surface area contributed by atoms with Crippen molar-refractivity contribution in [1.29, 1.82) is 0 Å². The third-order valence-corrected chi connectivity index (χ3v) is 5.73. The molecule has 158 valence electrons. The first-order valence-corrected chi connectivity index (χ1v) is 10.2. The molecular weight excluding hydrogens is 393 g/mol. The summed E-state index contributed by atoms with van der Waals surface area (Å²) in [5.74, 6) is -1.80. The van der Waals surface area contributed by atoms with Crippen LogP contribution >= 0.6 is 0 Å². The van der Waals surface area contributed by atoms with E-state index in [1.54, 1.807) is 23.1 Å². The molecule has 0 N–H and O–H groups in total. The van der Waals surface area contributed by atoms with Crippen molar-refractivity contribution in [2.45, 2.75) is 44.8 Å². The van der Waals surface area contributed by atoms with Crippen LogP contribution in [-0.2, 0) is 16.2 Å². The molecule has 0 unspecified atom stereocenters. The Hall–Kier alpha value is -2.83. The average molecular weight is 416 g/mol. The number of oxime groups is 1. The predicted octanol–water partition coefficient (Wildman–Crippen LogP) is 4.82. The Labute approximate surface area is 173 Å². The van der Waals surface area contributed by atoms with Gasteiger partial charge in [-0.05, 0) is 31.0 Å². The highest BCUT2D eigenvalue weighted by molar-refractivity contribution is 6.01. The van der Waals surface area contributed by atoms with E-state index in [-0.39, 0.29) is 42.7 Å². The SMILES string of the molecule is O=C(C1CCCC1)N(Cc1ccccc1F)C[C@@H]1CC(c2ccc(F)cc2F)=NO1. The lowest BCUT2D eigenvalue weighted by Gasteiger charge is -2.27. The van der Waals surface area contributed by atoms with Gasteiger partial charge in [0.05, 0.1) is 12.3 Å². The molecule has 4 nitrogen and oxygen atoms in total. The fourth-order valence-electron chi connectivity index (χ4n) is 4.15. The highest BCUT2D eigenvalue weighted by Gasteiger charge is 2.32. The van der Waals surface area contributed by atoms with Crippen LogP contribution in [0, 0.1) is 23.4 Å². The molecule has 0 bridgehead atoms. The summed E-state index contributed by atoms with van der Waals surface area (Å²) in [7, 11) is 0. The van der Waals surface area contributed by atoms with Gasteiger partial charge >= 0.3 is 0 Å². The Morgan fingerprint density at radius 3 is 2.57 bits per heavy atom. The third-order valence-electron chi connectivity index (χ3n) is 5.73. The maximum absolute atomic E-state index is 14.2. The molecule has 1 atom stereocenters. The van der Waals surface area contributed by atoms with Gasteiger partial charge < -0.3 is 9.74 Å². The van der Waals surface area contributed by atoms with Crippen LogP contribution in [0.1, 0.15) is 43.2 Å². The first-order valence-electron chi connectivity index (χ1n) is 10.2. The van der Waals surface area contributed by atoms with E-state index < -0.39 is 17.7 Å². The lowest BCUT2D eigenvalue weighted by Crippen LogP contribution is -2.40. The van der Waals surface area contributed by atoms with Crippen molar-refractivity contribution in [3.05, 3.63) is 71.0 Å². The van der Waals surface area contributed by atoms with Crippen LogP contribution in [-0.4, -0.2) is 29.2 Å². The smallest absolute Gasteiger partial charge is 0.226 e. The summed E-state index contributed by atoms with van der Waals surface area (Å²) in [6.45, 7) is 0.363. The highest BCUT2D eigenvalue weighted by atomic mass is 19.1. The van der Waals surface area contributed by atoms with E-state index in [0.29, 0.717) is 11.3 Å². The van der Waals surface area contributed by atoms with E-state index in [0.717, 1.165) is 31.7 Å². The van der Waals surface area contributed by atoms with Gasteiger partial charge in [-0.3, -0.25) is 4.79 Å². The zero-order valence-electron chi connectivity index (χ0n) is 16.5. The lowest BCUT2D eigenvalue weighted by molar-refractivity contribution is -0.137. The lowest BCUT2D eigenvalue weighted by atomic mass is 10.0. The zero-order valence-corrected chi connectivity index (χ0v) is 16.5. The molecule has 2 aromatic rings. The van der Waals surface area contributed by atoms with Gasteiger partial charge in [-0.2, -0.15) is 0 Å². The normalized spacial score (nSPS) is 18.9. The minimum absolute atomic E-state index is 0.0132. The predicted molar refractivity (Wildman–Crippen MR) is 106 cm³/mol. The second-order valence-corrected chi connectivity index (χ2v) is 7.89. The van der Waals surface area contributed by atoms with E-state index in [4.69, 9.17) is 4.84 Å². The number of rotatable bonds is 6. The first kappa shape index (κ1) is 20.4. The number of amides is 1. The van der Waals surface area contributed by atoms with E-state index in [1.807, 2.05) is 0 Å². The molecule has 0 radical (unpaired) electrons. The number of carbonyl (C=O) groups is 1. The van der Waals surface area contributed by atoms with Gasteiger partial charge in [0.2, 0.25) is 5.91 Å². The third kappa shape index (κ3) is 4.50. The van der Waals surface area contributed by atoms with Crippen LogP contribution < -0.4 is 0 Å². The van der Waals surface area contributed by atoms with E-state index in [9.17, 15) is 18.0 Å². The number of hydrogen-bond acceptors (Lipinski definition) is 3. The van der Waals surface area contributed by atoms with Gasteiger partial charge in [-0.1, -0.05) is 36.2 Å². The Morgan fingerprint density at radius 1 is 1.07 bits per heavy atom. The molecule has 0 aromatic heterocycles. The van der Waals surface area contributed by atoms with Crippen LogP contribution in [0.25, 0.3) is 0 Å². The van der Waals surface area contributed by atoms with E-state index >= 15 is 0 Å². The van der Waals surface area contributed by atoms with E-state index in [1.165, 1.54) is 18.2 Å². The Balaban J connectivity index is 1.48. The maximum atomic E-state index is 14.2. The summed E-state index contributed by atoms with van der Waals surface area (Å²) in [5, 5.41) is 3.95. The zero-order chi connectivity index (χ0) is 21.1. The van der Waals surface area contributed by atoms with Crippen LogP contribution in [0.3, 0.4) is 0 Å². The molecule has 7 heteroatoms. The van der Waals surface area contributed by atoms with Crippen LogP contribution in [0.15, 0.2) is 47.6 Å². The van der Waals surface area contributed by atoms with Crippen molar-refractivity contribution in [1.82, 2.24) is 4.90 Å². The maximum Gasteiger partial charge on any atom is 0.226 e. The quantitative estimate of drug-likeness (QED) is 0.678. The minimum Gasteiger partial charge on any atom is -0.390 e. The van der Waals surface area contributed by atoms with Gasteiger partial charge in [0.15, 0.2) is 6.10 Å². The fraction of sp³-hybridized carbons (Fsp3) is 0.391. The van der Waals surface area contributed by atoms with Gasteiger partial charge in [-0.25, -0.2) is 13.2 Å². The highest BCUT2D eigenvalue weighted by Crippen LogP contribution is 2.28. The molecule has 1 amide bonds. The Kier molecular flexibility index (Phi) is 6.06. The summed E-state index contributed by atoms with van der Waals surface area (Å²) in [4.78, 5) is 20.2. The Bertz CT molecular complexity index is 957. The van der Waals surface area contributed by atoms with Gasteiger partial charge in [0.1, 0.15) is 17.5 Å². The molecule has 30 heavy (non-hydrogen) atoms. The average Bonchev–Trinajstić information content (AvgIpc) is 3.41. The number of benzene rings is 2. The van der Waals surface area contributed by atoms with Gasteiger partial charge in [-0.15, -0.1) is 0 Å². The van der Waals surface area contributed by atoms with Crippen molar-refractivity contribution in [3.63, 3.8) is 0 Å². The Morgan fingerprint density at radius 2 is 1.83 bits per heavy atom. The number of nitrogens with zero attached hydrogens (tertiary/aromatic N) is 2. The second kappa shape index (κ2) is 8.90. The van der Waals surface area contributed by atoms with E-state index in [2.05, 4.69) is 5.16 Å². The molecule has 4 rings (SSSR count). The molecule has 1 aliphatic heterocycles. The fourth-order valence-corrected chi connectivity index (χ4v) is 4.15. The standard InChI is InChI=1S/C23H23F3N2O2/c24-17-9-10-19(21(26)11-17)22-12-18(30-27-22)14-28(23(29)15-5-1-2-6-15)13-16-7-3-4-8-20(16)25/h3-4,7-11,15,18H,1-2,5-6,12-14H2/t18-/m0/s1. The van der Waals surface area contributed by atoms with Crippen LogP contribution in [0.5, 0.6) is 0 Å². The molecule has 1 aliphatic carbocycles. The molecule has 2 aromatic carbocycles. The summed E-state index contributed by atoms with van der Waals surface area (Å²) in [6.07, 6.45) is 3.51. The molecule has 0 saturated heterocycles. The molecule has 0 spiro atoms. The van der Waals surface area contributed by atoms with Crippen molar-refractivity contribution in [3.8, 4) is 0 Å². The summed E-state index contributed by atoms with van der Waals surface area (Å²) in [5.41, 5.74) is 0.992. The van der Waals surface area contributed by atoms with Gasteiger partial charge in [0.25, 0.3) is 0 Å². The summed E-state index contributed by atoms with van der Waals surface area (Å²) >= 11 is 0. The van der Waals surface area contributed by atoms with Gasteiger partial charge in [0, 0.05) is 36.1 Å². The van der Waals surface area contributed by atoms with Crippen molar-refractivity contribution >= 4 is 11.6 Å². The molecule has 1 heterocycles. The molecule has 2 aliphatic rings. The van der Waals surface area contributed by atoms with Crippen LogP contribution in [0.4, 0.5) is 13.2 Å². The van der Waals surface area contributed by atoms with Crippen molar-refractivity contribution < 1.29 is 22.8 Å². The number of hydrogen-bond donors (Lipinski definition) is 0. The molecule has 1 saturated carbocycles. The molecular formula is C23H23F3N2O2. The van der Waals surface area contributed by atoms with Crippen LogP contribution in [0.2, 0.25) is 0 Å². The van der Waals surface area contributed by atoms with Crippen molar-refractivity contribution in [2.75, 3.05) is 6.54 Å². The van der Waals surface area contributed by atoms with Crippen molar-refractivity contribution in [2.24, 2.45) is 11.1 Å².